The van der Waals surface area contributed by atoms with Crippen LogP contribution in [0.4, 0.5) is 8.78 Å². The summed E-state index contributed by atoms with van der Waals surface area (Å²) in [6.45, 7) is 8.73. The Morgan fingerprint density at radius 2 is 1.75 bits per heavy atom. The van der Waals surface area contributed by atoms with Gasteiger partial charge in [-0.1, -0.05) is 45.9 Å². The first-order valence-corrected chi connectivity index (χ1v) is 7.01. The molecule has 0 aromatic heterocycles. The normalized spacial score (nSPS) is 13.8. The fourth-order valence-corrected chi connectivity index (χ4v) is 1.77. The number of hydrogen-bond acceptors (Lipinski definition) is 2. The highest BCUT2D eigenvalue weighted by Gasteiger charge is 2.23. The lowest BCUT2D eigenvalue weighted by molar-refractivity contribution is -0.0507. The molecule has 4 heteroatoms. The maximum atomic E-state index is 12.4. The predicted molar refractivity (Wildman–Crippen MR) is 78.1 cm³/mol. The molecule has 0 aliphatic rings. The van der Waals surface area contributed by atoms with Crippen LogP contribution in [0.1, 0.15) is 46.2 Å². The van der Waals surface area contributed by atoms with Crippen molar-refractivity contribution in [1.29, 1.82) is 0 Å². The summed E-state index contributed by atoms with van der Waals surface area (Å²) in [7, 11) is 0. The molecule has 0 saturated carbocycles. The Balaban J connectivity index is 2.75. The second kappa shape index (κ2) is 7.02. The molecule has 0 heterocycles. The molecule has 1 atom stereocenters. The standard InChI is InChI=1S/C16H25F2NO/c1-11(2)16(4,5)10-19-12(3)13-8-6-7-9-14(13)20-15(17)18/h6-9,11-12,15,19H,10H2,1-5H3. The van der Waals surface area contributed by atoms with Gasteiger partial charge in [0.1, 0.15) is 5.75 Å². The van der Waals surface area contributed by atoms with Crippen LogP contribution in [0.15, 0.2) is 24.3 Å². The Labute approximate surface area is 120 Å². The molecule has 0 radical (unpaired) electrons. The molecule has 114 valence electrons. The number of hydrogen-bond donors (Lipinski definition) is 1. The van der Waals surface area contributed by atoms with E-state index in [0.717, 1.165) is 12.1 Å². The lowest BCUT2D eigenvalue weighted by atomic mass is 9.81. The largest absolute Gasteiger partial charge is 0.434 e. The van der Waals surface area contributed by atoms with Crippen LogP contribution in [0.3, 0.4) is 0 Å². The molecule has 1 aromatic carbocycles. The van der Waals surface area contributed by atoms with Crippen molar-refractivity contribution in [3.8, 4) is 5.75 Å². The summed E-state index contributed by atoms with van der Waals surface area (Å²) in [5, 5.41) is 3.41. The molecule has 20 heavy (non-hydrogen) atoms. The zero-order valence-corrected chi connectivity index (χ0v) is 12.9. The molecule has 0 amide bonds. The maximum absolute atomic E-state index is 12.4. The Morgan fingerprint density at radius 1 is 1.15 bits per heavy atom. The fraction of sp³-hybridized carbons (Fsp3) is 0.625. The summed E-state index contributed by atoms with van der Waals surface area (Å²) in [6, 6.07) is 6.89. The van der Waals surface area contributed by atoms with Crippen LogP contribution < -0.4 is 10.1 Å². The SMILES string of the molecule is CC(NCC(C)(C)C(C)C)c1ccccc1OC(F)F. The number of para-hydroxylation sites is 1. The monoisotopic (exact) mass is 285 g/mol. The minimum atomic E-state index is -2.80. The first kappa shape index (κ1) is 16.9. The lowest BCUT2D eigenvalue weighted by Crippen LogP contribution is -2.35. The molecular formula is C16H25F2NO. The van der Waals surface area contributed by atoms with E-state index in [1.807, 2.05) is 19.1 Å². The maximum Gasteiger partial charge on any atom is 0.387 e. The van der Waals surface area contributed by atoms with Crippen molar-refractivity contribution in [2.45, 2.75) is 47.3 Å². The van der Waals surface area contributed by atoms with E-state index in [2.05, 4.69) is 37.7 Å². The van der Waals surface area contributed by atoms with Gasteiger partial charge in [0.05, 0.1) is 0 Å². The van der Waals surface area contributed by atoms with Gasteiger partial charge in [-0.3, -0.25) is 0 Å². The van der Waals surface area contributed by atoms with E-state index in [0.29, 0.717) is 5.92 Å². The summed E-state index contributed by atoms with van der Waals surface area (Å²) in [4.78, 5) is 0. The average molecular weight is 285 g/mol. The highest BCUT2D eigenvalue weighted by Crippen LogP contribution is 2.29. The Hall–Kier alpha value is -1.16. The molecule has 0 fully saturated rings. The smallest absolute Gasteiger partial charge is 0.387 e. The van der Waals surface area contributed by atoms with Crippen molar-refractivity contribution in [2.75, 3.05) is 6.54 Å². The summed E-state index contributed by atoms with van der Waals surface area (Å²) in [5.74, 6) is 0.777. The number of benzene rings is 1. The van der Waals surface area contributed by atoms with E-state index in [9.17, 15) is 8.78 Å². The second-order valence-electron chi connectivity index (χ2n) is 6.16. The van der Waals surface area contributed by atoms with E-state index in [1.165, 1.54) is 0 Å². The van der Waals surface area contributed by atoms with Crippen LogP contribution in [0.2, 0.25) is 0 Å². The number of ether oxygens (including phenoxy) is 1. The Bertz CT molecular complexity index is 419. The highest BCUT2D eigenvalue weighted by molar-refractivity contribution is 5.35. The number of rotatable bonds is 7. The molecule has 2 nitrogen and oxygen atoms in total. The van der Waals surface area contributed by atoms with Gasteiger partial charge in [0, 0.05) is 18.2 Å². The van der Waals surface area contributed by atoms with Crippen LogP contribution in [0, 0.1) is 11.3 Å². The van der Waals surface area contributed by atoms with Gasteiger partial charge in [-0.2, -0.15) is 8.78 Å². The van der Waals surface area contributed by atoms with Crippen molar-refractivity contribution in [1.82, 2.24) is 5.32 Å². The summed E-state index contributed by atoms with van der Waals surface area (Å²) < 4.78 is 29.4. The quantitative estimate of drug-likeness (QED) is 0.789. The minimum absolute atomic E-state index is 0.0389. The van der Waals surface area contributed by atoms with Gasteiger partial charge in [-0.05, 0) is 24.3 Å². The molecule has 1 aromatic rings. The van der Waals surface area contributed by atoms with E-state index < -0.39 is 6.61 Å². The zero-order valence-electron chi connectivity index (χ0n) is 12.9. The van der Waals surface area contributed by atoms with Crippen molar-refractivity contribution in [3.05, 3.63) is 29.8 Å². The first-order valence-electron chi connectivity index (χ1n) is 7.01. The number of alkyl halides is 2. The van der Waals surface area contributed by atoms with Gasteiger partial charge in [-0.25, -0.2) is 0 Å². The van der Waals surface area contributed by atoms with Crippen LogP contribution in [-0.2, 0) is 0 Å². The molecule has 0 aliphatic heterocycles. The Morgan fingerprint density at radius 3 is 2.30 bits per heavy atom. The van der Waals surface area contributed by atoms with Gasteiger partial charge >= 0.3 is 6.61 Å². The second-order valence-corrected chi connectivity index (χ2v) is 6.16. The van der Waals surface area contributed by atoms with E-state index in [1.54, 1.807) is 12.1 Å². The summed E-state index contributed by atoms with van der Waals surface area (Å²) in [6.07, 6.45) is 0. The van der Waals surface area contributed by atoms with Crippen molar-refractivity contribution in [2.24, 2.45) is 11.3 Å². The van der Waals surface area contributed by atoms with Crippen LogP contribution in [0.25, 0.3) is 0 Å². The van der Waals surface area contributed by atoms with E-state index in [4.69, 9.17) is 0 Å². The van der Waals surface area contributed by atoms with Gasteiger partial charge in [0.25, 0.3) is 0 Å². The third-order valence-electron chi connectivity index (χ3n) is 4.03. The van der Waals surface area contributed by atoms with E-state index >= 15 is 0 Å². The zero-order chi connectivity index (χ0) is 15.3. The van der Waals surface area contributed by atoms with Crippen molar-refractivity contribution >= 4 is 0 Å². The molecular weight excluding hydrogens is 260 g/mol. The van der Waals surface area contributed by atoms with Gasteiger partial charge < -0.3 is 10.1 Å². The topological polar surface area (TPSA) is 21.3 Å². The molecule has 0 bridgehead atoms. The fourth-order valence-electron chi connectivity index (χ4n) is 1.77. The minimum Gasteiger partial charge on any atom is -0.434 e. The summed E-state index contributed by atoms with van der Waals surface area (Å²) in [5.41, 5.74) is 0.902. The van der Waals surface area contributed by atoms with Crippen molar-refractivity contribution in [3.63, 3.8) is 0 Å². The number of halogens is 2. The first-order chi connectivity index (χ1) is 9.24. The lowest BCUT2D eigenvalue weighted by Gasteiger charge is -2.31. The number of nitrogens with one attached hydrogen (secondary N) is 1. The summed E-state index contributed by atoms with van der Waals surface area (Å²) >= 11 is 0. The molecule has 1 unspecified atom stereocenters. The molecule has 1 rings (SSSR count). The average Bonchev–Trinajstić information content (AvgIpc) is 2.36. The highest BCUT2D eigenvalue weighted by atomic mass is 19.3. The predicted octanol–water partition coefficient (Wildman–Crippen LogP) is 4.62. The molecule has 0 saturated heterocycles. The van der Waals surface area contributed by atoms with E-state index in [-0.39, 0.29) is 17.2 Å². The van der Waals surface area contributed by atoms with Gasteiger partial charge in [0.15, 0.2) is 0 Å². The van der Waals surface area contributed by atoms with Crippen LogP contribution in [0.5, 0.6) is 5.75 Å². The van der Waals surface area contributed by atoms with Crippen molar-refractivity contribution < 1.29 is 13.5 Å². The van der Waals surface area contributed by atoms with Gasteiger partial charge in [-0.15, -0.1) is 0 Å². The third-order valence-corrected chi connectivity index (χ3v) is 4.03. The Kier molecular flexibility index (Phi) is 5.93. The molecule has 0 spiro atoms. The van der Waals surface area contributed by atoms with Gasteiger partial charge in [0.2, 0.25) is 0 Å². The molecule has 0 aliphatic carbocycles. The molecule has 1 N–H and O–H groups in total. The van der Waals surface area contributed by atoms with Crippen LogP contribution in [-0.4, -0.2) is 13.2 Å². The van der Waals surface area contributed by atoms with Crippen LogP contribution >= 0.6 is 0 Å². The third kappa shape index (κ3) is 4.75.